The number of carbonyl (C=O) groups is 1. The highest BCUT2D eigenvalue weighted by atomic mass is 16.1. The zero-order chi connectivity index (χ0) is 19.7. The summed E-state index contributed by atoms with van der Waals surface area (Å²) in [6.07, 6.45) is 5.40. The minimum absolute atomic E-state index is 0.111. The maximum atomic E-state index is 12.2. The second-order valence-electron chi connectivity index (χ2n) is 7.48. The predicted octanol–water partition coefficient (Wildman–Crippen LogP) is 0.837. The van der Waals surface area contributed by atoms with Crippen LogP contribution in [0, 0.1) is 12.8 Å². The number of primary amides is 1. The van der Waals surface area contributed by atoms with Crippen LogP contribution in [0.1, 0.15) is 31.4 Å². The molecular formula is C19H25N7O2. The number of anilines is 2. The molecule has 2 fully saturated rings. The Bertz CT molecular complexity index is 928. The number of hydrogen-bond donors (Lipinski definition) is 2. The highest BCUT2D eigenvalue weighted by Gasteiger charge is 2.25. The van der Waals surface area contributed by atoms with Crippen LogP contribution in [0.3, 0.4) is 0 Å². The third kappa shape index (κ3) is 3.69. The second kappa shape index (κ2) is 7.57. The molecular weight excluding hydrogens is 358 g/mol. The molecule has 0 atom stereocenters. The first-order chi connectivity index (χ1) is 13.5. The van der Waals surface area contributed by atoms with Gasteiger partial charge in [0.2, 0.25) is 17.8 Å². The summed E-state index contributed by atoms with van der Waals surface area (Å²) in [7, 11) is 0. The third-order valence-electron chi connectivity index (χ3n) is 5.56. The summed E-state index contributed by atoms with van der Waals surface area (Å²) < 4.78 is 0. The van der Waals surface area contributed by atoms with Crippen molar-refractivity contribution in [2.75, 3.05) is 36.0 Å². The highest BCUT2D eigenvalue weighted by molar-refractivity contribution is 5.77. The largest absolute Gasteiger partial charge is 0.369 e. The molecule has 28 heavy (non-hydrogen) atoms. The summed E-state index contributed by atoms with van der Waals surface area (Å²) in [4.78, 5) is 44.3. The number of nitrogens with zero attached hydrogens (tertiary/aromatic N) is 5. The van der Waals surface area contributed by atoms with Gasteiger partial charge in [-0.05, 0) is 32.6 Å². The lowest BCUT2D eigenvalue weighted by molar-refractivity contribution is -0.122. The molecule has 2 aromatic heterocycles. The maximum Gasteiger partial charge on any atom is 0.252 e. The third-order valence-corrected chi connectivity index (χ3v) is 5.56. The standard InChI is InChI=1S/C19H25N7O2/c1-12-14(11-21-18(22-12)25-6-2-3-7-25)15-10-16(27)24-19(23-15)26-8-4-13(5-9-26)17(20)28/h10-11,13H,2-9H2,1H3,(H2,20,28)(H,23,24,27). The minimum Gasteiger partial charge on any atom is -0.369 e. The normalized spacial score (nSPS) is 17.9. The van der Waals surface area contributed by atoms with Gasteiger partial charge in [0, 0.05) is 49.9 Å². The molecule has 2 aromatic rings. The van der Waals surface area contributed by atoms with Gasteiger partial charge in [-0.2, -0.15) is 0 Å². The van der Waals surface area contributed by atoms with Crippen LogP contribution in [0.2, 0.25) is 0 Å². The van der Waals surface area contributed by atoms with Gasteiger partial charge in [0.15, 0.2) is 0 Å². The van der Waals surface area contributed by atoms with E-state index in [2.05, 4.69) is 24.8 Å². The summed E-state index contributed by atoms with van der Waals surface area (Å²) in [6, 6.07) is 1.47. The number of carbonyl (C=O) groups excluding carboxylic acids is 1. The van der Waals surface area contributed by atoms with Crippen LogP contribution in [0.5, 0.6) is 0 Å². The number of aromatic amines is 1. The van der Waals surface area contributed by atoms with Crippen molar-refractivity contribution >= 4 is 17.8 Å². The van der Waals surface area contributed by atoms with E-state index in [1.807, 2.05) is 11.8 Å². The van der Waals surface area contributed by atoms with Crippen LogP contribution >= 0.6 is 0 Å². The molecule has 2 saturated heterocycles. The topological polar surface area (TPSA) is 121 Å². The lowest BCUT2D eigenvalue weighted by Crippen LogP contribution is -2.40. The van der Waals surface area contributed by atoms with E-state index in [1.165, 1.54) is 6.07 Å². The van der Waals surface area contributed by atoms with Gasteiger partial charge < -0.3 is 15.5 Å². The molecule has 4 rings (SSSR count). The van der Waals surface area contributed by atoms with Gasteiger partial charge in [0.05, 0.1) is 11.4 Å². The Morgan fingerprint density at radius 3 is 2.50 bits per heavy atom. The number of nitrogens with two attached hydrogens (primary N) is 1. The average molecular weight is 383 g/mol. The molecule has 1 amide bonds. The maximum absolute atomic E-state index is 12.2. The molecule has 0 saturated carbocycles. The molecule has 0 spiro atoms. The van der Waals surface area contributed by atoms with E-state index in [9.17, 15) is 9.59 Å². The van der Waals surface area contributed by atoms with Crippen molar-refractivity contribution in [3.63, 3.8) is 0 Å². The number of aryl methyl sites for hydroxylation is 1. The molecule has 0 bridgehead atoms. The molecule has 0 unspecified atom stereocenters. The van der Waals surface area contributed by atoms with Crippen molar-refractivity contribution in [1.82, 2.24) is 19.9 Å². The first-order valence-corrected chi connectivity index (χ1v) is 9.76. The summed E-state index contributed by atoms with van der Waals surface area (Å²) in [5.74, 6) is 0.867. The fourth-order valence-corrected chi connectivity index (χ4v) is 3.88. The second-order valence-corrected chi connectivity index (χ2v) is 7.48. The quantitative estimate of drug-likeness (QED) is 0.802. The van der Waals surface area contributed by atoms with Crippen molar-refractivity contribution in [3.8, 4) is 11.3 Å². The Morgan fingerprint density at radius 2 is 1.86 bits per heavy atom. The Hall–Kier alpha value is -2.97. The number of nitrogens with one attached hydrogen (secondary N) is 1. The number of hydrogen-bond acceptors (Lipinski definition) is 7. The van der Waals surface area contributed by atoms with Crippen molar-refractivity contribution in [2.45, 2.75) is 32.6 Å². The number of piperidine rings is 1. The van der Waals surface area contributed by atoms with E-state index in [1.54, 1.807) is 6.20 Å². The molecule has 2 aliphatic heterocycles. The molecule has 148 valence electrons. The van der Waals surface area contributed by atoms with Crippen LogP contribution in [-0.4, -0.2) is 52.0 Å². The lowest BCUT2D eigenvalue weighted by Gasteiger charge is -2.31. The van der Waals surface area contributed by atoms with Gasteiger partial charge >= 0.3 is 0 Å². The van der Waals surface area contributed by atoms with Crippen molar-refractivity contribution in [3.05, 3.63) is 28.3 Å². The van der Waals surface area contributed by atoms with Gasteiger partial charge in [0.25, 0.3) is 5.56 Å². The zero-order valence-corrected chi connectivity index (χ0v) is 16.0. The van der Waals surface area contributed by atoms with E-state index in [-0.39, 0.29) is 17.4 Å². The van der Waals surface area contributed by atoms with Crippen LogP contribution < -0.4 is 21.1 Å². The first-order valence-electron chi connectivity index (χ1n) is 9.76. The zero-order valence-electron chi connectivity index (χ0n) is 16.0. The summed E-state index contributed by atoms with van der Waals surface area (Å²) >= 11 is 0. The Balaban J connectivity index is 1.59. The van der Waals surface area contributed by atoms with Crippen LogP contribution in [0.25, 0.3) is 11.3 Å². The van der Waals surface area contributed by atoms with Crippen molar-refractivity contribution in [1.29, 1.82) is 0 Å². The van der Waals surface area contributed by atoms with Gasteiger partial charge in [-0.15, -0.1) is 0 Å². The van der Waals surface area contributed by atoms with Gasteiger partial charge in [-0.25, -0.2) is 15.0 Å². The van der Waals surface area contributed by atoms with E-state index in [4.69, 9.17) is 5.73 Å². The number of rotatable bonds is 4. The summed E-state index contributed by atoms with van der Waals surface area (Å²) in [6.45, 7) is 5.13. The van der Waals surface area contributed by atoms with E-state index >= 15 is 0 Å². The number of amides is 1. The molecule has 0 radical (unpaired) electrons. The van der Waals surface area contributed by atoms with Crippen LogP contribution in [-0.2, 0) is 4.79 Å². The van der Waals surface area contributed by atoms with Gasteiger partial charge in [-0.3, -0.25) is 14.6 Å². The lowest BCUT2D eigenvalue weighted by atomic mass is 9.96. The SMILES string of the molecule is Cc1nc(N2CCCC2)ncc1-c1cc(=O)[nH]c(N2CCC(C(N)=O)CC2)n1. The van der Waals surface area contributed by atoms with Gasteiger partial charge in [-0.1, -0.05) is 0 Å². The molecule has 2 aliphatic rings. The minimum atomic E-state index is -0.263. The fourth-order valence-electron chi connectivity index (χ4n) is 3.88. The molecule has 0 aliphatic carbocycles. The summed E-state index contributed by atoms with van der Waals surface area (Å²) in [5.41, 5.74) is 7.29. The Morgan fingerprint density at radius 1 is 1.14 bits per heavy atom. The van der Waals surface area contributed by atoms with Crippen LogP contribution in [0.15, 0.2) is 17.1 Å². The molecule has 0 aromatic carbocycles. The van der Waals surface area contributed by atoms with Gasteiger partial charge in [0.1, 0.15) is 0 Å². The molecule has 9 nitrogen and oxygen atoms in total. The smallest absolute Gasteiger partial charge is 0.252 e. The molecule has 3 N–H and O–H groups in total. The van der Waals surface area contributed by atoms with Crippen molar-refractivity contribution in [2.24, 2.45) is 11.7 Å². The fraction of sp³-hybridized carbons (Fsp3) is 0.526. The monoisotopic (exact) mass is 383 g/mol. The molecule has 4 heterocycles. The van der Waals surface area contributed by atoms with E-state index < -0.39 is 0 Å². The Kier molecular flexibility index (Phi) is 4.97. The first kappa shape index (κ1) is 18.4. The van der Waals surface area contributed by atoms with E-state index in [0.29, 0.717) is 37.6 Å². The van der Waals surface area contributed by atoms with Crippen LogP contribution in [0.4, 0.5) is 11.9 Å². The average Bonchev–Trinajstić information content (AvgIpc) is 3.22. The predicted molar refractivity (Wildman–Crippen MR) is 106 cm³/mol. The Labute approximate surface area is 163 Å². The highest BCUT2D eigenvalue weighted by Crippen LogP contribution is 2.25. The number of H-pyrrole nitrogens is 1. The molecule has 9 heteroatoms. The van der Waals surface area contributed by atoms with E-state index in [0.717, 1.165) is 43.1 Å². The van der Waals surface area contributed by atoms with Crippen molar-refractivity contribution < 1.29 is 4.79 Å². The number of aromatic nitrogens is 4. The summed E-state index contributed by atoms with van der Waals surface area (Å²) in [5, 5.41) is 0.